The van der Waals surface area contributed by atoms with Gasteiger partial charge in [-0.05, 0) is 49.1 Å². The van der Waals surface area contributed by atoms with Crippen LogP contribution >= 0.6 is 23.2 Å². The standard InChI is InChI=1S/C27H28Cl2N4O5S/c28-19-7-5-18(6-8-19)24(32-11-13-38-14-12-32)26(35)33-16-20(39(36,37)23-4-2-1-3-21(23)29)15-22(33)25(34)31-27(17-30)9-10-27/h1-8,20,22,24H,9-16H2,(H,31,34)/t20-,22+,24?/m1/s1. The molecule has 1 N–H and O–H groups in total. The first-order chi connectivity index (χ1) is 18.6. The van der Waals surface area contributed by atoms with Crippen molar-refractivity contribution in [3.63, 3.8) is 0 Å². The van der Waals surface area contributed by atoms with E-state index in [1.165, 1.54) is 17.0 Å². The van der Waals surface area contributed by atoms with E-state index in [1.807, 2.05) is 4.90 Å². The number of hydrogen-bond acceptors (Lipinski definition) is 7. The summed E-state index contributed by atoms with van der Waals surface area (Å²) >= 11 is 12.3. The second-order valence-corrected chi connectivity index (χ2v) is 13.2. The van der Waals surface area contributed by atoms with Crippen molar-refractivity contribution in [1.82, 2.24) is 15.1 Å². The Balaban J connectivity index is 1.51. The minimum Gasteiger partial charge on any atom is -0.379 e. The van der Waals surface area contributed by atoms with Gasteiger partial charge in [0.1, 0.15) is 17.6 Å². The van der Waals surface area contributed by atoms with Gasteiger partial charge in [0.05, 0.1) is 34.5 Å². The van der Waals surface area contributed by atoms with Crippen molar-refractivity contribution in [2.45, 2.75) is 47.0 Å². The molecule has 3 fully saturated rings. The number of likely N-dealkylation sites (tertiary alicyclic amines) is 1. The molecule has 0 bridgehead atoms. The SMILES string of the molecule is N#CC1(NC(=O)[C@@H]2C[C@@H](S(=O)(=O)c3ccccc3Cl)CN2C(=O)C(c2ccc(Cl)cc2)N2CCOCC2)CC1. The van der Waals surface area contributed by atoms with Crippen molar-refractivity contribution in [3.8, 4) is 6.07 Å². The number of nitrogens with one attached hydrogen (secondary N) is 1. The summed E-state index contributed by atoms with van der Waals surface area (Å²) in [7, 11) is -3.98. The molecule has 206 valence electrons. The van der Waals surface area contributed by atoms with Gasteiger partial charge in [-0.15, -0.1) is 0 Å². The quantitative estimate of drug-likeness (QED) is 0.526. The number of halogens is 2. The first kappa shape index (κ1) is 27.9. The summed E-state index contributed by atoms with van der Waals surface area (Å²) in [6.07, 6.45) is 0.917. The Morgan fingerprint density at radius 2 is 1.74 bits per heavy atom. The van der Waals surface area contributed by atoms with Crippen LogP contribution in [0, 0.1) is 11.3 Å². The third-order valence-electron chi connectivity index (χ3n) is 7.59. The van der Waals surface area contributed by atoms with Gasteiger partial charge in [0.2, 0.25) is 11.8 Å². The monoisotopic (exact) mass is 590 g/mol. The lowest BCUT2D eigenvalue weighted by Gasteiger charge is -2.37. The molecule has 12 heteroatoms. The molecule has 3 atom stereocenters. The summed E-state index contributed by atoms with van der Waals surface area (Å²) in [6.45, 7) is 1.68. The van der Waals surface area contributed by atoms with Crippen LogP contribution < -0.4 is 5.32 Å². The number of nitriles is 1. The van der Waals surface area contributed by atoms with E-state index in [0.717, 1.165) is 0 Å². The average molecular weight is 592 g/mol. The molecule has 0 radical (unpaired) electrons. The first-order valence-corrected chi connectivity index (χ1v) is 15.0. The van der Waals surface area contributed by atoms with E-state index >= 15 is 0 Å². The van der Waals surface area contributed by atoms with Crippen molar-refractivity contribution < 1.29 is 22.7 Å². The molecule has 9 nitrogen and oxygen atoms in total. The highest BCUT2D eigenvalue weighted by atomic mass is 35.5. The summed E-state index contributed by atoms with van der Waals surface area (Å²) in [6, 6.07) is 13.3. The second kappa shape index (κ2) is 11.1. The maximum Gasteiger partial charge on any atom is 0.245 e. The lowest BCUT2D eigenvalue weighted by molar-refractivity contribution is -0.144. The van der Waals surface area contributed by atoms with Gasteiger partial charge in [-0.25, -0.2) is 8.42 Å². The molecule has 2 aliphatic heterocycles. The largest absolute Gasteiger partial charge is 0.379 e. The van der Waals surface area contributed by atoms with Crippen LogP contribution in [0.4, 0.5) is 0 Å². The van der Waals surface area contributed by atoms with Crippen LogP contribution in [0.2, 0.25) is 10.0 Å². The first-order valence-electron chi connectivity index (χ1n) is 12.7. The molecule has 2 aromatic rings. The van der Waals surface area contributed by atoms with Gasteiger partial charge in [-0.1, -0.05) is 47.5 Å². The molecule has 1 aliphatic carbocycles. The molecule has 3 aliphatic rings. The number of carbonyl (C=O) groups excluding carboxylic acids is 2. The number of carbonyl (C=O) groups is 2. The van der Waals surface area contributed by atoms with Gasteiger partial charge in [-0.2, -0.15) is 5.26 Å². The Bertz CT molecular complexity index is 1400. The van der Waals surface area contributed by atoms with Crippen molar-refractivity contribution in [3.05, 3.63) is 64.1 Å². The highest BCUT2D eigenvalue weighted by Crippen LogP contribution is 2.38. The minimum atomic E-state index is -3.98. The Kier molecular flexibility index (Phi) is 7.91. The molecular formula is C27H28Cl2N4O5S. The Hall–Kier alpha value is -2.68. The van der Waals surface area contributed by atoms with E-state index in [1.54, 1.807) is 36.4 Å². The number of rotatable bonds is 7. The van der Waals surface area contributed by atoms with Crippen LogP contribution in [0.5, 0.6) is 0 Å². The molecule has 2 saturated heterocycles. The predicted molar refractivity (Wildman–Crippen MR) is 145 cm³/mol. The van der Waals surface area contributed by atoms with E-state index in [4.69, 9.17) is 27.9 Å². The topological polar surface area (TPSA) is 120 Å². The number of amides is 2. The number of nitrogens with zero attached hydrogens (tertiary/aromatic N) is 3. The van der Waals surface area contributed by atoms with Crippen LogP contribution in [0.1, 0.15) is 30.9 Å². The smallest absolute Gasteiger partial charge is 0.245 e. The van der Waals surface area contributed by atoms with E-state index in [0.29, 0.717) is 49.7 Å². The average Bonchev–Trinajstić information content (AvgIpc) is 3.55. The Morgan fingerprint density at radius 1 is 1.08 bits per heavy atom. The third-order valence-corrected chi connectivity index (χ3v) is 10.5. The fourth-order valence-electron chi connectivity index (χ4n) is 5.23. The summed E-state index contributed by atoms with van der Waals surface area (Å²) in [5.74, 6) is -0.922. The maximum atomic E-state index is 14.3. The molecular weight excluding hydrogens is 563 g/mol. The van der Waals surface area contributed by atoms with Crippen LogP contribution in [-0.2, 0) is 24.2 Å². The van der Waals surface area contributed by atoms with E-state index in [2.05, 4.69) is 11.4 Å². The Labute approximate surface area is 237 Å². The molecule has 2 aromatic carbocycles. The third kappa shape index (κ3) is 5.65. The van der Waals surface area contributed by atoms with Crippen molar-refractivity contribution in [2.75, 3.05) is 32.8 Å². The number of ether oxygens (including phenoxy) is 1. The molecule has 1 unspecified atom stereocenters. The molecule has 0 aromatic heterocycles. The zero-order valence-electron chi connectivity index (χ0n) is 21.1. The number of sulfone groups is 1. The van der Waals surface area contributed by atoms with Gasteiger partial charge >= 0.3 is 0 Å². The molecule has 2 heterocycles. The highest BCUT2D eigenvalue weighted by molar-refractivity contribution is 7.92. The van der Waals surface area contributed by atoms with E-state index < -0.39 is 44.5 Å². The van der Waals surface area contributed by atoms with Gasteiger partial charge < -0.3 is 15.0 Å². The Morgan fingerprint density at radius 3 is 2.36 bits per heavy atom. The fourth-order valence-corrected chi connectivity index (χ4v) is 7.57. The normalized spacial score (nSPS) is 23.6. The van der Waals surface area contributed by atoms with Crippen molar-refractivity contribution >= 4 is 44.9 Å². The summed E-state index contributed by atoms with van der Waals surface area (Å²) in [5, 5.41) is 11.8. The lowest BCUT2D eigenvalue weighted by atomic mass is 10.0. The van der Waals surface area contributed by atoms with Crippen molar-refractivity contribution in [1.29, 1.82) is 5.26 Å². The molecule has 39 heavy (non-hydrogen) atoms. The number of benzene rings is 2. The van der Waals surface area contributed by atoms with Crippen LogP contribution in [0.25, 0.3) is 0 Å². The van der Waals surface area contributed by atoms with Gasteiger partial charge in [0, 0.05) is 24.7 Å². The summed E-state index contributed by atoms with van der Waals surface area (Å²) in [4.78, 5) is 31.1. The summed E-state index contributed by atoms with van der Waals surface area (Å²) < 4.78 is 32.8. The van der Waals surface area contributed by atoms with Gasteiger partial charge in [0.25, 0.3) is 0 Å². The molecule has 5 rings (SSSR count). The van der Waals surface area contributed by atoms with Crippen LogP contribution in [-0.4, -0.2) is 79.7 Å². The van der Waals surface area contributed by atoms with Gasteiger partial charge in [0.15, 0.2) is 9.84 Å². The molecule has 2 amide bonds. The molecule has 1 saturated carbocycles. The second-order valence-electron chi connectivity index (χ2n) is 10.1. The number of hydrogen-bond donors (Lipinski definition) is 1. The lowest BCUT2D eigenvalue weighted by Crippen LogP contribution is -2.53. The molecule has 0 spiro atoms. The maximum absolute atomic E-state index is 14.3. The van der Waals surface area contributed by atoms with Crippen molar-refractivity contribution in [2.24, 2.45) is 0 Å². The van der Waals surface area contributed by atoms with E-state index in [-0.39, 0.29) is 22.9 Å². The zero-order valence-corrected chi connectivity index (χ0v) is 23.4. The zero-order chi connectivity index (χ0) is 27.8. The number of morpholine rings is 1. The minimum absolute atomic E-state index is 0.0387. The summed E-state index contributed by atoms with van der Waals surface area (Å²) in [5.41, 5.74) is -0.288. The highest BCUT2D eigenvalue weighted by Gasteiger charge is 2.51. The van der Waals surface area contributed by atoms with Gasteiger partial charge in [-0.3, -0.25) is 14.5 Å². The van der Waals surface area contributed by atoms with E-state index in [9.17, 15) is 23.3 Å². The van der Waals surface area contributed by atoms with Crippen LogP contribution in [0.15, 0.2) is 53.4 Å². The fraction of sp³-hybridized carbons (Fsp3) is 0.444. The predicted octanol–water partition coefficient (Wildman–Crippen LogP) is 2.98. The van der Waals surface area contributed by atoms with Crippen LogP contribution in [0.3, 0.4) is 0 Å².